The van der Waals surface area contributed by atoms with Crippen molar-refractivity contribution in [2.24, 2.45) is 0 Å². The predicted molar refractivity (Wildman–Crippen MR) is 85.3 cm³/mol. The first-order chi connectivity index (χ1) is 10.5. The molecule has 0 radical (unpaired) electrons. The first kappa shape index (κ1) is 15.5. The number of hydrogen-bond donors (Lipinski definition) is 0. The summed E-state index contributed by atoms with van der Waals surface area (Å²) in [6.45, 7) is 3.41. The zero-order valence-electron chi connectivity index (χ0n) is 12.8. The molecule has 0 spiro atoms. The van der Waals surface area contributed by atoms with E-state index in [1.54, 1.807) is 6.07 Å². The van der Waals surface area contributed by atoms with E-state index in [9.17, 15) is 4.39 Å². The Morgan fingerprint density at radius 1 is 1.41 bits per heavy atom. The number of imidazole rings is 1. The second kappa shape index (κ2) is 6.36. The van der Waals surface area contributed by atoms with Crippen molar-refractivity contribution in [2.45, 2.75) is 19.1 Å². The molecular weight excluding hydrogens is 303 g/mol. The van der Waals surface area contributed by atoms with Crippen molar-refractivity contribution in [3.63, 3.8) is 0 Å². The normalized spacial score (nSPS) is 18.7. The molecule has 0 fully saturated rings. The number of benzene rings is 1. The van der Waals surface area contributed by atoms with E-state index in [2.05, 4.69) is 33.4 Å². The summed E-state index contributed by atoms with van der Waals surface area (Å²) in [5.74, 6) is -0.356. The minimum atomic E-state index is -0.356. The number of aromatic nitrogens is 2. The predicted octanol–water partition coefficient (Wildman–Crippen LogP) is 2.79. The van der Waals surface area contributed by atoms with Crippen LogP contribution in [0.2, 0.25) is 5.02 Å². The van der Waals surface area contributed by atoms with Gasteiger partial charge in [-0.15, -0.1) is 0 Å². The Bertz CT molecular complexity index is 655. The highest BCUT2D eigenvalue weighted by Crippen LogP contribution is 2.24. The van der Waals surface area contributed by atoms with E-state index in [1.165, 1.54) is 11.8 Å². The highest BCUT2D eigenvalue weighted by molar-refractivity contribution is 6.30. The molecule has 3 rings (SSSR count). The molecule has 0 saturated heterocycles. The van der Waals surface area contributed by atoms with Crippen LogP contribution in [-0.4, -0.2) is 46.5 Å². The number of fused-ring (bicyclic) bond motifs is 1. The van der Waals surface area contributed by atoms with Gasteiger partial charge in [0, 0.05) is 32.4 Å². The summed E-state index contributed by atoms with van der Waals surface area (Å²) in [5, 5.41) is 0.172. The molecule has 1 aliphatic rings. The Hall–Kier alpha value is -1.43. The van der Waals surface area contributed by atoms with Crippen molar-refractivity contribution in [1.29, 1.82) is 0 Å². The van der Waals surface area contributed by atoms with Crippen molar-refractivity contribution in [1.82, 2.24) is 19.4 Å². The molecule has 22 heavy (non-hydrogen) atoms. The Morgan fingerprint density at radius 3 is 2.95 bits per heavy atom. The zero-order valence-corrected chi connectivity index (χ0v) is 13.6. The van der Waals surface area contributed by atoms with E-state index in [-0.39, 0.29) is 10.8 Å². The molecule has 1 aliphatic heterocycles. The molecule has 2 heterocycles. The van der Waals surface area contributed by atoms with Crippen LogP contribution in [0.3, 0.4) is 0 Å². The van der Waals surface area contributed by atoms with E-state index >= 15 is 0 Å². The standard InChI is InChI=1S/C16H20ClFN4/c1-20(2)8-14-10-21(9-13-6-19-11-22(13)14)7-12-3-4-15(17)16(18)5-12/h3-6,11,14H,7-10H2,1-2H3/t14-/m0/s1. The molecule has 0 bridgehead atoms. The number of nitrogens with zero attached hydrogens (tertiary/aromatic N) is 4. The quantitative estimate of drug-likeness (QED) is 0.865. The summed E-state index contributed by atoms with van der Waals surface area (Å²) in [6, 6.07) is 5.39. The summed E-state index contributed by atoms with van der Waals surface area (Å²) in [5.41, 5.74) is 2.14. The topological polar surface area (TPSA) is 24.3 Å². The third-order valence-corrected chi connectivity index (χ3v) is 4.27. The Balaban J connectivity index is 1.76. The van der Waals surface area contributed by atoms with Gasteiger partial charge in [0.2, 0.25) is 0 Å². The van der Waals surface area contributed by atoms with E-state index < -0.39 is 0 Å². The van der Waals surface area contributed by atoms with Gasteiger partial charge in [0.05, 0.1) is 23.1 Å². The van der Waals surface area contributed by atoms with E-state index in [0.29, 0.717) is 12.6 Å². The molecule has 2 aromatic rings. The van der Waals surface area contributed by atoms with Crippen LogP contribution < -0.4 is 0 Å². The molecule has 0 unspecified atom stereocenters. The van der Waals surface area contributed by atoms with Gasteiger partial charge in [-0.05, 0) is 31.8 Å². The van der Waals surface area contributed by atoms with Crippen LogP contribution in [0.1, 0.15) is 17.3 Å². The molecule has 6 heteroatoms. The summed E-state index contributed by atoms with van der Waals surface area (Å²) in [4.78, 5) is 8.78. The lowest BCUT2D eigenvalue weighted by atomic mass is 10.1. The lowest BCUT2D eigenvalue weighted by molar-refractivity contribution is 0.156. The third-order valence-electron chi connectivity index (χ3n) is 3.96. The average molecular weight is 323 g/mol. The number of halogens is 2. The van der Waals surface area contributed by atoms with Gasteiger partial charge in [0.15, 0.2) is 0 Å². The molecule has 1 atom stereocenters. The fraction of sp³-hybridized carbons (Fsp3) is 0.438. The van der Waals surface area contributed by atoms with Gasteiger partial charge in [-0.25, -0.2) is 9.37 Å². The maximum atomic E-state index is 13.6. The average Bonchev–Trinajstić information content (AvgIpc) is 2.91. The summed E-state index contributed by atoms with van der Waals surface area (Å²) < 4.78 is 15.8. The van der Waals surface area contributed by atoms with Gasteiger partial charge >= 0.3 is 0 Å². The molecule has 0 N–H and O–H groups in total. The van der Waals surface area contributed by atoms with Crippen LogP contribution in [-0.2, 0) is 13.1 Å². The second-order valence-corrected chi connectivity index (χ2v) is 6.53. The summed E-state index contributed by atoms with van der Waals surface area (Å²) >= 11 is 5.75. The zero-order chi connectivity index (χ0) is 15.7. The molecule has 0 saturated carbocycles. The van der Waals surface area contributed by atoms with Gasteiger partial charge in [0.1, 0.15) is 5.82 Å². The highest BCUT2D eigenvalue weighted by Gasteiger charge is 2.25. The first-order valence-corrected chi connectivity index (χ1v) is 7.72. The lowest BCUT2D eigenvalue weighted by Crippen LogP contribution is -2.40. The summed E-state index contributed by atoms with van der Waals surface area (Å²) in [7, 11) is 4.15. The third kappa shape index (κ3) is 3.32. The monoisotopic (exact) mass is 322 g/mol. The lowest BCUT2D eigenvalue weighted by Gasteiger charge is -2.35. The molecular formula is C16H20ClFN4. The highest BCUT2D eigenvalue weighted by atomic mass is 35.5. The van der Waals surface area contributed by atoms with Crippen LogP contribution in [0.25, 0.3) is 0 Å². The Morgan fingerprint density at radius 2 is 2.23 bits per heavy atom. The van der Waals surface area contributed by atoms with Gasteiger partial charge in [-0.1, -0.05) is 17.7 Å². The number of hydrogen-bond acceptors (Lipinski definition) is 3. The summed E-state index contributed by atoms with van der Waals surface area (Å²) in [6.07, 6.45) is 3.82. The van der Waals surface area contributed by atoms with Crippen LogP contribution in [0.15, 0.2) is 30.7 Å². The van der Waals surface area contributed by atoms with E-state index in [4.69, 9.17) is 11.6 Å². The van der Waals surface area contributed by atoms with Crippen LogP contribution in [0.4, 0.5) is 4.39 Å². The SMILES string of the molecule is CN(C)C[C@H]1CN(Cc2ccc(Cl)c(F)c2)Cc2cncn21. The van der Waals surface area contributed by atoms with Gasteiger partial charge < -0.3 is 9.47 Å². The van der Waals surface area contributed by atoms with Gasteiger partial charge in [-0.3, -0.25) is 4.90 Å². The molecule has 4 nitrogen and oxygen atoms in total. The largest absolute Gasteiger partial charge is 0.328 e. The maximum Gasteiger partial charge on any atom is 0.142 e. The molecule has 0 amide bonds. The second-order valence-electron chi connectivity index (χ2n) is 6.13. The Labute approximate surface area is 135 Å². The van der Waals surface area contributed by atoms with Crippen molar-refractivity contribution in [2.75, 3.05) is 27.2 Å². The fourth-order valence-corrected chi connectivity index (χ4v) is 3.16. The minimum Gasteiger partial charge on any atom is -0.328 e. The molecule has 1 aromatic heterocycles. The van der Waals surface area contributed by atoms with E-state index in [1.807, 2.05) is 18.6 Å². The fourth-order valence-electron chi connectivity index (χ4n) is 3.05. The Kier molecular flexibility index (Phi) is 4.47. The molecule has 118 valence electrons. The van der Waals surface area contributed by atoms with Gasteiger partial charge in [-0.2, -0.15) is 0 Å². The van der Waals surface area contributed by atoms with Crippen molar-refractivity contribution in [3.05, 3.63) is 52.8 Å². The smallest absolute Gasteiger partial charge is 0.142 e. The van der Waals surface area contributed by atoms with Crippen LogP contribution in [0, 0.1) is 5.82 Å². The number of likely N-dealkylation sites (N-methyl/N-ethyl adjacent to an activating group) is 1. The first-order valence-electron chi connectivity index (χ1n) is 7.34. The maximum absolute atomic E-state index is 13.6. The molecule has 0 aliphatic carbocycles. The molecule has 1 aromatic carbocycles. The van der Waals surface area contributed by atoms with Crippen LogP contribution >= 0.6 is 11.6 Å². The van der Waals surface area contributed by atoms with Gasteiger partial charge in [0.25, 0.3) is 0 Å². The minimum absolute atomic E-state index is 0.172. The van der Waals surface area contributed by atoms with Crippen molar-refractivity contribution >= 4 is 11.6 Å². The van der Waals surface area contributed by atoms with Crippen LogP contribution in [0.5, 0.6) is 0 Å². The van der Waals surface area contributed by atoms with Crippen molar-refractivity contribution in [3.8, 4) is 0 Å². The van der Waals surface area contributed by atoms with E-state index in [0.717, 1.165) is 25.2 Å². The van der Waals surface area contributed by atoms with Crippen molar-refractivity contribution < 1.29 is 4.39 Å². The number of rotatable bonds is 4.